The smallest absolute Gasteiger partial charge is 0.281 e. The van der Waals surface area contributed by atoms with Gasteiger partial charge in [0.05, 0.1) is 17.4 Å². The highest BCUT2D eigenvalue weighted by Gasteiger charge is 2.17. The van der Waals surface area contributed by atoms with E-state index in [4.69, 9.17) is 4.74 Å². The van der Waals surface area contributed by atoms with Gasteiger partial charge in [-0.05, 0) is 67.9 Å². The molecule has 2 N–H and O–H groups in total. The first-order valence-electron chi connectivity index (χ1n) is 9.75. The third-order valence-electron chi connectivity index (χ3n) is 5.08. The van der Waals surface area contributed by atoms with Crippen LogP contribution in [0.2, 0.25) is 0 Å². The third kappa shape index (κ3) is 4.45. The molecule has 0 spiro atoms. The lowest BCUT2D eigenvalue weighted by molar-refractivity contribution is 0.101. The molecule has 4 rings (SSSR count). The molecule has 0 aliphatic heterocycles. The molecule has 11 heteroatoms. The number of thiophene rings is 1. The van der Waals surface area contributed by atoms with Gasteiger partial charge >= 0.3 is 0 Å². The molecule has 2 aromatic heterocycles. The molecule has 170 valence electrons. The molecular formula is C22H20N4O5S2. The second kappa shape index (κ2) is 8.68. The normalized spacial score (nSPS) is 11.4. The molecule has 0 unspecified atom stereocenters. The molecule has 2 heterocycles. The van der Waals surface area contributed by atoms with Gasteiger partial charge in [-0.3, -0.25) is 19.7 Å². The van der Waals surface area contributed by atoms with Crippen LogP contribution in [0.4, 0.5) is 5.69 Å². The number of hydrogen-bond acceptors (Lipinski definition) is 7. The summed E-state index contributed by atoms with van der Waals surface area (Å²) in [4.78, 5) is 31.2. The van der Waals surface area contributed by atoms with Crippen LogP contribution >= 0.6 is 11.3 Å². The van der Waals surface area contributed by atoms with Crippen LogP contribution in [0, 0.1) is 13.8 Å². The van der Waals surface area contributed by atoms with Gasteiger partial charge in [0, 0.05) is 16.1 Å². The first-order valence-corrected chi connectivity index (χ1v) is 12.1. The molecule has 0 atom stereocenters. The van der Waals surface area contributed by atoms with Crippen LogP contribution in [-0.4, -0.2) is 31.1 Å². The number of carbonyl (C=O) groups excluding carboxylic acids is 1. The molecule has 0 saturated heterocycles. The number of aryl methyl sites for hydroxylation is 2. The average molecular weight is 485 g/mol. The van der Waals surface area contributed by atoms with Crippen molar-refractivity contribution in [3.63, 3.8) is 0 Å². The Labute approximate surface area is 193 Å². The number of nitrogens with zero attached hydrogens (tertiary/aromatic N) is 2. The van der Waals surface area contributed by atoms with E-state index in [9.17, 15) is 18.0 Å². The Balaban J connectivity index is 1.52. The maximum absolute atomic E-state index is 12.7. The summed E-state index contributed by atoms with van der Waals surface area (Å²) >= 11 is 1.42. The van der Waals surface area contributed by atoms with Crippen molar-refractivity contribution in [3.8, 4) is 5.75 Å². The molecule has 0 saturated carbocycles. The lowest BCUT2D eigenvalue weighted by Crippen LogP contribution is -2.33. The van der Waals surface area contributed by atoms with E-state index in [2.05, 4.69) is 15.1 Å². The second-order valence-electron chi connectivity index (χ2n) is 7.18. The van der Waals surface area contributed by atoms with E-state index in [0.29, 0.717) is 21.7 Å². The number of hydrogen-bond donors (Lipinski definition) is 2. The zero-order chi connectivity index (χ0) is 23.8. The summed E-state index contributed by atoms with van der Waals surface area (Å²) in [6.45, 7) is 3.74. The van der Waals surface area contributed by atoms with Crippen LogP contribution in [0.5, 0.6) is 5.75 Å². The fourth-order valence-corrected chi connectivity index (χ4v) is 5.19. The number of aromatic nitrogens is 2. The van der Waals surface area contributed by atoms with Gasteiger partial charge in [-0.15, -0.1) is 11.3 Å². The SMILES string of the molecule is COc1ccc(NS(=O)(=O)c2ccc(C(=O)Nn3cnc4sc(C)c(C)c4c3=O)cc2)cc1. The summed E-state index contributed by atoms with van der Waals surface area (Å²) in [6.07, 6.45) is 1.26. The van der Waals surface area contributed by atoms with Gasteiger partial charge in [-0.1, -0.05) is 0 Å². The van der Waals surface area contributed by atoms with E-state index in [1.54, 1.807) is 24.3 Å². The number of ether oxygens (including phenoxy) is 1. The van der Waals surface area contributed by atoms with Gasteiger partial charge in [0.25, 0.3) is 21.5 Å². The van der Waals surface area contributed by atoms with E-state index in [-0.39, 0.29) is 16.0 Å². The largest absolute Gasteiger partial charge is 0.497 e. The lowest BCUT2D eigenvalue weighted by Gasteiger charge is -2.10. The van der Waals surface area contributed by atoms with Gasteiger partial charge in [-0.2, -0.15) is 0 Å². The van der Waals surface area contributed by atoms with Crippen LogP contribution in [0.15, 0.2) is 64.5 Å². The van der Waals surface area contributed by atoms with Crippen molar-refractivity contribution in [2.24, 2.45) is 0 Å². The van der Waals surface area contributed by atoms with Crippen molar-refractivity contribution < 1.29 is 17.9 Å². The topological polar surface area (TPSA) is 119 Å². The predicted molar refractivity (Wildman–Crippen MR) is 127 cm³/mol. The maximum Gasteiger partial charge on any atom is 0.281 e. The number of nitrogens with one attached hydrogen (secondary N) is 2. The Hall–Kier alpha value is -3.70. The predicted octanol–water partition coefficient (Wildman–Crippen LogP) is 3.27. The Kier molecular flexibility index (Phi) is 5.91. The van der Waals surface area contributed by atoms with Gasteiger partial charge in [0.1, 0.15) is 16.9 Å². The molecule has 0 radical (unpaired) electrons. The molecule has 0 bridgehead atoms. The van der Waals surface area contributed by atoms with Gasteiger partial charge < -0.3 is 4.74 Å². The Morgan fingerprint density at radius 3 is 2.36 bits per heavy atom. The zero-order valence-electron chi connectivity index (χ0n) is 17.9. The highest BCUT2D eigenvalue weighted by atomic mass is 32.2. The third-order valence-corrected chi connectivity index (χ3v) is 7.59. The number of carbonyl (C=O) groups is 1. The van der Waals surface area contributed by atoms with Crippen molar-refractivity contribution in [2.45, 2.75) is 18.7 Å². The summed E-state index contributed by atoms with van der Waals surface area (Å²) in [6, 6.07) is 11.8. The van der Waals surface area contributed by atoms with Gasteiger partial charge in [0.2, 0.25) is 0 Å². The quantitative estimate of drug-likeness (QED) is 0.434. The number of anilines is 1. The van der Waals surface area contributed by atoms with Crippen LogP contribution < -0.4 is 20.4 Å². The minimum atomic E-state index is -3.85. The number of rotatable bonds is 6. The Morgan fingerprint density at radius 1 is 1.06 bits per heavy atom. The zero-order valence-corrected chi connectivity index (χ0v) is 19.6. The van der Waals surface area contributed by atoms with Crippen LogP contribution in [0.25, 0.3) is 10.2 Å². The molecule has 33 heavy (non-hydrogen) atoms. The van der Waals surface area contributed by atoms with E-state index >= 15 is 0 Å². The molecule has 1 amide bonds. The molecule has 9 nitrogen and oxygen atoms in total. The van der Waals surface area contributed by atoms with Gasteiger partial charge in [0.15, 0.2) is 0 Å². The van der Waals surface area contributed by atoms with Crippen molar-refractivity contribution >= 4 is 43.2 Å². The highest BCUT2D eigenvalue weighted by Crippen LogP contribution is 2.25. The van der Waals surface area contributed by atoms with Crippen molar-refractivity contribution in [1.29, 1.82) is 0 Å². The summed E-state index contributed by atoms with van der Waals surface area (Å²) < 4.78 is 33.8. The van der Waals surface area contributed by atoms with Crippen LogP contribution in [-0.2, 0) is 10.0 Å². The fraction of sp³-hybridized carbons (Fsp3) is 0.136. The van der Waals surface area contributed by atoms with Crippen molar-refractivity contribution in [3.05, 3.63) is 81.2 Å². The molecular weight excluding hydrogens is 464 g/mol. The molecule has 0 aliphatic rings. The highest BCUT2D eigenvalue weighted by molar-refractivity contribution is 7.92. The maximum atomic E-state index is 12.7. The number of amides is 1. The summed E-state index contributed by atoms with van der Waals surface area (Å²) in [5.41, 5.74) is 3.50. The van der Waals surface area contributed by atoms with E-state index < -0.39 is 15.9 Å². The van der Waals surface area contributed by atoms with E-state index in [1.165, 1.54) is 49.0 Å². The van der Waals surface area contributed by atoms with E-state index in [1.807, 2.05) is 13.8 Å². The average Bonchev–Trinajstić information content (AvgIpc) is 3.10. The Morgan fingerprint density at radius 2 is 1.73 bits per heavy atom. The fourth-order valence-electron chi connectivity index (χ4n) is 3.15. The van der Waals surface area contributed by atoms with E-state index in [0.717, 1.165) is 15.1 Å². The minimum absolute atomic E-state index is 0.0144. The first kappa shape index (κ1) is 22.5. The summed E-state index contributed by atoms with van der Waals surface area (Å²) in [5, 5.41) is 0.464. The molecule has 2 aromatic carbocycles. The second-order valence-corrected chi connectivity index (χ2v) is 10.1. The number of sulfonamides is 1. The number of methoxy groups -OCH3 is 1. The van der Waals surface area contributed by atoms with Crippen LogP contribution in [0.3, 0.4) is 0 Å². The standard InChI is InChI=1S/C22H20N4O5S2/c1-13-14(2)32-21-19(13)22(28)26(12-23-21)24-20(27)15-4-10-18(11-5-15)33(29,30)25-16-6-8-17(31-3)9-7-16/h4-12,25H,1-3H3,(H,24,27). The Bertz CT molecular complexity index is 1510. The number of fused-ring (bicyclic) bond motifs is 1. The van der Waals surface area contributed by atoms with Crippen molar-refractivity contribution in [1.82, 2.24) is 9.66 Å². The summed E-state index contributed by atoms with van der Waals surface area (Å²) in [7, 11) is -2.33. The van der Waals surface area contributed by atoms with Gasteiger partial charge in [-0.25, -0.2) is 18.1 Å². The molecule has 0 fully saturated rings. The molecule has 4 aromatic rings. The van der Waals surface area contributed by atoms with Crippen molar-refractivity contribution in [2.75, 3.05) is 17.3 Å². The minimum Gasteiger partial charge on any atom is -0.497 e. The number of benzene rings is 2. The summed E-state index contributed by atoms with van der Waals surface area (Å²) in [5.74, 6) is 0.0287. The molecule has 0 aliphatic carbocycles. The monoisotopic (exact) mass is 484 g/mol. The van der Waals surface area contributed by atoms with Crippen LogP contribution in [0.1, 0.15) is 20.8 Å². The first-order chi connectivity index (χ1) is 15.7. The lowest BCUT2D eigenvalue weighted by atomic mass is 10.2.